The Bertz CT molecular complexity index is 386. The van der Waals surface area contributed by atoms with Crippen molar-refractivity contribution < 1.29 is 9.90 Å². The summed E-state index contributed by atoms with van der Waals surface area (Å²) in [6, 6.07) is 5.86. The maximum absolute atomic E-state index is 11.9. The molecule has 0 aromatic heterocycles. The Morgan fingerprint density at radius 3 is 2.76 bits per heavy atom. The summed E-state index contributed by atoms with van der Waals surface area (Å²) in [7, 11) is 0. The lowest BCUT2D eigenvalue weighted by atomic mass is 10.1. The highest BCUT2D eigenvalue weighted by Crippen LogP contribution is 2.10. The second-order valence-electron chi connectivity index (χ2n) is 4.57. The van der Waals surface area contributed by atoms with E-state index in [0.29, 0.717) is 13.0 Å². The molecule has 0 saturated heterocycles. The lowest BCUT2D eigenvalue weighted by molar-refractivity contribution is 0.0949. The molecule has 3 nitrogen and oxygen atoms in total. The molecule has 0 aliphatic carbocycles. The van der Waals surface area contributed by atoms with Gasteiger partial charge in [0.15, 0.2) is 0 Å². The molecule has 1 unspecified atom stereocenters. The fourth-order valence-electron chi connectivity index (χ4n) is 1.68. The largest absolute Gasteiger partial charge is 0.393 e. The first kappa shape index (κ1) is 13.7. The molecular formula is C14H21NO2. The molecule has 2 N–H and O–H groups in total. The van der Waals surface area contributed by atoms with Gasteiger partial charge >= 0.3 is 0 Å². The second-order valence-corrected chi connectivity index (χ2v) is 4.57. The van der Waals surface area contributed by atoms with Crippen LogP contribution >= 0.6 is 0 Å². The Hall–Kier alpha value is -1.35. The molecule has 0 bridgehead atoms. The summed E-state index contributed by atoms with van der Waals surface area (Å²) in [6.07, 6.45) is 1.22. The smallest absolute Gasteiger partial charge is 0.251 e. The van der Waals surface area contributed by atoms with Gasteiger partial charge in [-0.25, -0.2) is 0 Å². The van der Waals surface area contributed by atoms with E-state index in [-0.39, 0.29) is 12.0 Å². The number of rotatable bonds is 5. The minimum atomic E-state index is -0.299. The number of nitrogens with one attached hydrogen (secondary N) is 1. The third kappa shape index (κ3) is 4.57. The van der Waals surface area contributed by atoms with Gasteiger partial charge in [0.05, 0.1) is 6.10 Å². The van der Waals surface area contributed by atoms with Gasteiger partial charge in [0, 0.05) is 12.1 Å². The molecule has 94 valence electrons. The van der Waals surface area contributed by atoms with E-state index in [1.54, 1.807) is 6.92 Å². The number of carbonyl (C=O) groups excluding carboxylic acids is 1. The van der Waals surface area contributed by atoms with Crippen LogP contribution in [0.4, 0.5) is 0 Å². The van der Waals surface area contributed by atoms with Gasteiger partial charge < -0.3 is 10.4 Å². The van der Waals surface area contributed by atoms with Crippen LogP contribution in [0, 0.1) is 13.8 Å². The summed E-state index contributed by atoms with van der Waals surface area (Å²) in [5.41, 5.74) is 2.82. The van der Waals surface area contributed by atoms with Crippen LogP contribution in [-0.2, 0) is 0 Å². The summed E-state index contributed by atoms with van der Waals surface area (Å²) in [5.74, 6) is -0.0307. The number of benzene rings is 1. The molecular weight excluding hydrogens is 214 g/mol. The quantitative estimate of drug-likeness (QED) is 0.769. The van der Waals surface area contributed by atoms with Crippen molar-refractivity contribution in [1.82, 2.24) is 5.32 Å². The van der Waals surface area contributed by atoms with Crippen LogP contribution < -0.4 is 5.32 Å². The van der Waals surface area contributed by atoms with E-state index in [0.717, 1.165) is 23.1 Å². The molecule has 0 aliphatic rings. The molecule has 1 amide bonds. The van der Waals surface area contributed by atoms with Crippen molar-refractivity contribution >= 4 is 5.91 Å². The molecule has 0 heterocycles. The van der Waals surface area contributed by atoms with Gasteiger partial charge in [-0.05, 0) is 45.2 Å². The predicted octanol–water partition coefficient (Wildman–Crippen LogP) is 2.19. The van der Waals surface area contributed by atoms with Gasteiger partial charge in [0.2, 0.25) is 0 Å². The summed E-state index contributed by atoms with van der Waals surface area (Å²) in [5, 5.41) is 12.0. The van der Waals surface area contributed by atoms with E-state index < -0.39 is 0 Å². The number of hydrogen-bond donors (Lipinski definition) is 2. The van der Waals surface area contributed by atoms with E-state index in [1.165, 1.54) is 0 Å². The number of aliphatic hydroxyl groups excluding tert-OH is 1. The first-order valence-electron chi connectivity index (χ1n) is 6.04. The Morgan fingerprint density at radius 2 is 2.12 bits per heavy atom. The fraction of sp³-hybridized carbons (Fsp3) is 0.500. The Balaban J connectivity index is 2.49. The minimum absolute atomic E-state index is 0.0307. The van der Waals surface area contributed by atoms with E-state index in [9.17, 15) is 4.79 Å². The van der Waals surface area contributed by atoms with Crippen LogP contribution in [0.25, 0.3) is 0 Å². The van der Waals surface area contributed by atoms with Crippen molar-refractivity contribution in [2.75, 3.05) is 6.54 Å². The Morgan fingerprint density at radius 1 is 1.41 bits per heavy atom. The van der Waals surface area contributed by atoms with Crippen LogP contribution in [0.15, 0.2) is 18.2 Å². The minimum Gasteiger partial charge on any atom is -0.393 e. The molecule has 1 aromatic carbocycles. The number of aryl methyl sites for hydroxylation is 2. The maximum atomic E-state index is 11.9. The highest BCUT2D eigenvalue weighted by molar-refractivity contribution is 5.95. The first-order valence-corrected chi connectivity index (χ1v) is 6.04. The van der Waals surface area contributed by atoms with Crippen LogP contribution in [0.1, 0.15) is 41.3 Å². The number of aliphatic hydroxyl groups is 1. The van der Waals surface area contributed by atoms with E-state index >= 15 is 0 Å². The summed E-state index contributed by atoms with van der Waals surface area (Å²) >= 11 is 0. The van der Waals surface area contributed by atoms with Gasteiger partial charge in [0.25, 0.3) is 5.91 Å². The van der Waals surface area contributed by atoms with Crippen LogP contribution in [0.3, 0.4) is 0 Å². The van der Waals surface area contributed by atoms with Crippen LogP contribution in [0.5, 0.6) is 0 Å². The monoisotopic (exact) mass is 235 g/mol. The molecule has 17 heavy (non-hydrogen) atoms. The van der Waals surface area contributed by atoms with Crippen molar-refractivity contribution in [3.05, 3.63) is 34.9 Å². The highest BCUT2D eigenvalue weighted by atomic mass is 16.3. The summed E-state index contributed by atoms with van der Waals surface area (Å²) < 4.78 is 0. The lowest BCUT2D eigenvalue weighted by Gasteiger charge is -2.09. The average molecular weight is 235 g/mol. The third-order valence-corrected chi connectivity index (χ3v) is 2.72. The molecule has 1 aromatic rings. The molecule has 0 spiro atoms. The molecule has 3 heteroatoms. The van der Waals surface area contributed by atoms with E-state index in [4.69, 9.17) is 5.11 Å². The molecule has 0 aliphatic heterocycles. The van der Waals surface area contributed by atoms with Gasteiger partial charge in [0.1, 0.15) is 0 Å². The topological polar surface area (TPSA) is 49.3 Å². The van der Waals surface area contributed by atoms with Crippen molar-refractivity contribution in [1.29, 1.82) is 0 Å². The molecule has 1 rings (SSSR count). The van der Waals surface area contributed by atoms with Crippen molar-refractivity contribution in [3.63, 3.8) is 0 Å². The van der Waals surface area contributed by atoms with Gasteiger partial charge in [-0.1, -0.05) is 17.7 Å². The normalized spacial score (nSPS) is 12.2. The van der Waals surface area contributed by atoms with Gasteiger partial charge in [-0.15, -0.1) is 0 Å². The van der Waals surface area contributed by atoms with Crippen molar-refractivity contribution in [3.8, 4) is 0 Å². The molecule has 0 fully saturated rings. The molecule has 0 saturated carbocycles. The van der Waals surface area contributed by atoms with Crippen molar-refractivity contribution in [2.45, 2.75) is 39.7 Å². The van der Waals surface area contributed by atoms with Gasteiger partial charge in [-0.2, -0.15) is 0 Å². The zero-order valence-corrected chi connectivity index (χ0v) is 10.8. The highest BCUT2D eigenvalue weighted by Gasteiger charge is 2.08. The SMILES string of the molecule is Cc1ccc(C)c(C(=O)NCCCC(C)O)c1. The van der Waals surface area contributed by atoms with E-state index in [1.807, 2.05) is 32.0 Å². The number of hydrogen-bond acceptors (Lipinski definition) is 2. The number of amides is 1. The van der Waals surface area contributed by atoms with Crippen LogP contribution in [-0.4, -0.2) is 23.7 Å². The summed E-state index contributed by atoms with van der Waals surface area (Å²) in [6.45, 7) is 6.28. The second kappa shape index (κ2) is 6.40. The average Bonchev–Trinajstić information content (AvgIpc) is 2.27. The first-order chi connectivity index (χ1) is 8.00. The maximum Gasteiger partial charge on any atom is 0.251 e. The van der Waals surface area contributed by atoms with Gasteiger partial charge in [-0.3, -0.25) is 4.79 Å². The predicted molar refractivity (Wildman–Crippen MR) is 69.2 cm³/mol. The molecule has 1 atom stereocenters. The number of carbonyl (C=O) groups is 1. The zero-order valence-electron chi connectivity index (χ0n) is 10.8. The fourth-order valence-corrected chi connectivity index (χ4v) is 1.68. The Labute approximate surface area is 103 Å². The van der Waals surface area contributed by atoms with Crippen LogP contribution in [0.2, 0.25) is 0 Å². The van der Waals surface area contributed by atoms with Crippen molar-refractivity contribution in [2.24, 2.45) is 0 Å². The molecule has 0 radical (unpaired) electrons. The van der Waals surface area contributed by atoms with E-state index in [2.05, 4.69) is 5.32 Å². The third-order valence-electron chi connectivity index (χ3n) is 2.72. The zero-order chi connectivity index (χ0) is 12.8. The summed E-state index contributed by atoms with van der Waals surface area (Å²) in [4.78, 5) is 11.9. The lowest BCUT2D eigenvalue weighted by Crippen LogP contribution is -2.25. The standard InChI is InChI=1S/C14H21NO2/c1-10-6-7-11(2)13(9-10)14(17)15-8-4-5-12(3)16/h6-7,9,12,16H,4-5,8H2,1-3H3,(H,15,17). The Kier molecular flexibility index (Phi) is 5.16.